The lowest BCUT2D eigenvalue weighted by molar-refractivity contribution is 0.555. The maximum Gasteiger partial charge on any atom is 0.233 e. The van der Waals surface area contributed by atoms with Crippen molar-refractivity contribution in [2.24, 2.45) is 0 Å². The van der Waals surface area contributed by atoms with Crippen LogP contribution in [0.4, 0.5) is 23.5 Å². The maximum absolute atomic E-state index is 5.90. The van der Waals surface area contributed by atoms with Crippen molar-refractivity contribution in [3.63, 3.8) is 0 Å². The van der Waals surface area contributed by atoms with E-state index >= 15 is 0 Å². The minimum absolute atomic E-state index is 0.236. The Labute approximate surface area is 176 Å². The lowest BCUT2D eigenvalue weighted by Gasteiger charge is -2.18. The summed E-state index contributed by atoms with van der Waals surface area (Å²) in [5, 5.41) is 3.21. The van der Waals surface area contributed by atoms with Crippen molar-refractivity contribution in [3.8, 4) is 0 Å². The van der Waals surface area contributed by atoms with Crippen LogP contribution in [0.25, 0.3) is 0 Å². The van der Waals surface area contributed by atoms with E-state index < -0.39 is 0 Å². The van der Waals surface area contributed by atoms with Crippen molar-refractivity contribution in [2.75, 3.05) is 29.5 Å². The number of rotatable bonds is 14. The Morgan fingerprint density at radius 3 is 2.03 bits per heavy atom. The van der Waals surface area contributed by atoms with Crippen LogP contribution in [0, 0.1) is 6.92 Å². The summed E-state index contributed by atoms with van der Waals surface area (Å²) < 4.78 is 0. The number of hydrogen-bond acceptors (Lipinski definition) is 6. The molecule has 6 nitrogen and oxygen atoms in total. The summed E-state index contributed by atoms with van der Waals surface area (Å²) in [5.41, 5.74) is 8.04. The molecule has 0 unspecified atom stereocenters. The molecule has 0 fully saturated rings. The SMILES string of the molecule is CCCCCCCCCCCCN(C)c1nc(N)nc(Nc2ccc(C)cc2)n1. The van der Waals surface area contributed by atoms with E-state index in [4.69, 9.17) is 5.73 Å². The predicted molar refractivity (Wildman–Crippen MR) is 124 cm³/mol. The molecule has 0 amide bonds. The van der Waals surface area contributed by atoms with Gasteiger partial charge in [-0.25, -0.2) is 0 Å². The van der Waals surface area contributed by atoms with Crippen molar-refractivity contribution < 1.29 is 0 Å². The highest BCUT2D eigenvalue weighted by atomic mass is 15.3. The third-order valence-corrected chi connectivity index (χ3v) is 5.14. The zero-order chi connectivity index (χ0) is 20.9. The molecule has 2 rings (SSSR count). The fourth-order valence-corrected chi connectivity index (χ4v) is 3.31. The summed E-state index contributed by atoms with van der Waals surface area (Å²) in [5.74, 6) is 1.33. The molecule has 0 saturated carbocycles. The van der Waals surface area contributed by atoms with Gasteiger partial charge in [0.15, 0.2) is 0 Å². The first-order valence-electron chi connectivity index (χ1n) is 11.1. The molecule has 1 aromatic carbocycles. The van der Waals surface area contributed by atoms with Gasteiger partial charge in [-0.15, -0.1) is 0 Å². The van der Waals surface area contributed by atoms with E-state index in [9.17, 15) is 0 Å². The van der Waals surface area contributed by atoms with Crippen LogP contribution in [0.2, 0.25) is 0 Å². The van der Waals surface area contributed by atoms with Gasteiger partial charge in [-0.3, -0.25) is 0 Å². The average Bonchev–Trinajstić information content (AvgIpc) is 2.70. The highest BCUT2D eigenvalue weighted by Crippen LogP contribution is 2.17. The third-order valence-electron chi connectivity index (χ3n) is 5.14. The summed E-state index contributed by atoms with van der Waals surface area (Å²) >= 11 is 0. The van der Waals surface area contributed by atoms with Crippen LogP contribution in [0.15, 0.2) is 24.3 Å². The number of nitrogens with zero attached hydrogens (tertiary/aromatic N) is 4. The molecular formula is C23H38N6. The topological polar surface area (TPSA) is 80.0 Å². The first-order valence-corrected chi connectivity index (χ1v) is 11.1. The Balaban J connectivity index is 1.71. The van der Waals surface area contributed by atoms with Gasteiger partial charge in [-0.2, -0.15) is 15.0 Å². The first kappa shape index (κ1) is 22.9. The van der Waals surface area contributed by atoms with Crippen molar-refractivity contribution in [2.45, 2.75) is 78.1 Å². The summed E-state index contributed by atoms with van der Waals surface area (Å²) in [4.78, 5) is 15.1. The van der Waals surface area contributed by atoms with Gasteiger partial charge in [0.1, 0.15) is 0 Å². The Bertz CT molecular complexity index is 701. The number of benzene rings is 1. The molecule has 0 spiro atoms. The number of anilines is 4. The van der Waals surface area contributed by atoms with Crippen LogP contribution in [-0.2, 0) is 0 Å². The van der Waals surface area contributed by atoms with E-state index in [0.29, 0.717) is 11.9 Å². The summed E-state index contributed by atoms with van der Waals surface area (Å²) in [6.07, 6.45) is 13.3. The zero-order valence-electron chi connectivity index (χ0n) is 18.5. The van der Waals surface area contributed by atoms with Gasteiger partial charge in [-0.1, -0.05) is 82.4 Å². The van der Waals surface area contributed by atoms with E-state index in [1.165, 1.54) is 63.4 Å². The molecule has 0 radical (unpaired) electrons. The van der Waals surface area contributed by atoms with Crippen molar-refractivity contribution in [1.82, 2.24) is 15.0 Å². The summed E-state index contributed by atoms with van der Waals surface area (Å²) in [6.45, 7) is 5.25. The van der Waals surface area contributed by atoms with E-state index in [0.717, 1.165) is 18.7 Å². The average molecular weight is 399 g/mol. The smallest absolute Gasteiger partial charge is 0.233 e. The first-order chi connectivity index (χ1) is 14.1. The van der Waals surface area contributed by atoms with Crippen LogP contribution in [-0.4, -0.2) is 28.5 Å². The Kier molecular flexibility index (Phi) is 10.2. The van der Waals surface area contributed by atoms with Gasteiger partial charge >= 0.3 is 0 Å². The monoisotopic (exact) mass is 398 g/mol. The number of nitrogen functional groups attached to an aromatic ring is 1. The standard InChI is InChI=1S/C23H38N6/c1-4-5-6-7-8-9-10-11-12-13-18-29(3)23-27-21(24)26-22(28-23)25-20-16-14-19(2)15-17-20/h14-17H,4-13,18H2,1-3H3,(H3,24,25,26,27,28). The number of nitrogens with one attached hydrogen (secondary N) is 1. The van der Waals surface area contributed by atoms with Gasteiger partial charge in [0.25, 0.3) is 0 Å². The minimum Gasteiger partial charge on any atom is -0.368 e. The second-order valence-corrected chi connectivity index (χ2v) is 7.91. The molecule has 1 aromatic heterocycles. The van der Waals surface area contributed by atoms with Crippen LogP contribution < -0.4 is 16.0 Å². The number of aromatic nitrogens is 3. The van der Waals surface area contributed by atoms with Gasteiger partial charge < -0.3 is 16.0 Å². The van der Waals surface area contributed by atoms with Crippen molar-refractivity contribution in [3.05, 3.63) is 29.8 Å². The fraction of sp³-hybridized carbons (Fsp3) is 0.609. The van der Waals surface area contributed by atoms with Crippen LogP contribution in [0.1, 0.15) is 76.7 Å². The lowest BCUT2D eigenvalue weighted by atomic mass is 10.1. The van der Waals surface area contributed by atoms with Crippen LogP contribution >= 0.6 is 0 Å². The fourth-order valence-electron chi connectivity index (χ4n) is 3.31. The maximum atomic E-state index is 5.90. The Hall–Kier alpha value is -2.37. The van der Waals surface area contributed by atoms with E-state index in [1.807, 2.05) is 31.3 Å². The second-order valence-electron chi connectivity index (χ2n) is 7.91. The molecule has 0 atom stereocenters. The van der Waals surface area contributed by atoms with Crippen LogP contribution in [0.5, 0.6) is 0 Å². The van der Waals surface area contributed by atoms with E-state index in [1.54, 1.807) is 0 Å². The molecule has 0 aliphatic rings. The zero-order valence-corrected chi connectivity index (χ0v) is 18.5. The molecule has 0 aliphatic carbocycles. The number of aryl methyl sites for hydroxylation is 1. The molecule has 0 bridgehead atoms. The molecule has 3 N–H and O–H groups in total. The largest absolute Gasteiger partial charge is 0.368 e. The molecule has 29 heavy (non-hydrogen) atoms. The number of hydrogen-bond donors (Lipinski definition) is 2. The summed E-state index contributed by atoms with van der Waals surface area (Å²) in [7, 11) is 2.01. The van der Waals surface area contributed by atoms with Gasteiger partial charge in [0.2, 0.25) is 17.8 Å². The molecule has 0 aliphatic heterocycles. The quantitative estimate of drug-likeness (QED) is 0.388. The minimum atomic E-state index is 0.236. The molecule has 0 saturated heterocycles. The van der Waals surface area contributed by atoms with E-state index in [2.05, 4.69) is 39.0 Å². The van der Waals surface area contributed by atoms with Gasteiger partial charge in [0.05, 0.1) is 0 Å². The van der Waals surface area contributed by atoms with Gasteiger partial charge in [0, 0.05) is 19.3 Å². The molecule has 1 heterocycles. The third kappa shape index (κ3) is 9.11. The van der Waals surface area contributed by atoms with E-state index in [-0.39, 0.29) is 5.95 Å². The Morgan fingerprint density at radius 2 is 1.41 bits per heavy atom. The molecule has 2 aromatic rings. The molecule has 160 valence electrons. The van der Waals surface area contributed by atoms with Gasteiger partial charge in [-0.05, 0) is 25.5 Å². The predicted octanol–water partition coefficient (Wildman–Crippen LogP) is 5.86. The second kappa shape index (κ2) is 13.0. The van der Waals surface area contributed by atoms with Crippen LogP contribution in [0.3, 0.4) is 0 Å². The van der Waals surface area contributed by atoms with Crippen molar-refractivity contribution >= 4 is 23.5 Å². The lowest BCUT2D eigenvalue weighted by Crippen LogP contribution is -2.22. The number of unbranched alkanes of at least 4 members (excludes halogenated alkanes) is 9. The summed E-state index contributed by atoms with van der Waals surface area (Å²) in [6, 6.07) is 8.10. The number of nitrogens with two attached hydrogens (primary N) is 1. The Morgan fingerprint density at radius 1 is 0.828 bits per heavy atom. The highest BCUT2D eigenvalue weighted by Gasteiger charge is 2.09. The highest BCUT2D eigenvalue weighted by molar-refractivity contribution is 5.55. The van der Waals surface area contributed by atoms with Crippen molar-refractivity contribution in [1.29, 1.82) is 0 Å². The molecule has 6 heteroatoms. The normalized spacial score (nSPS) is 10.9. The molecular weight excluding hydrogens is 360 g/mol.